The number of ether oxygens (including phenoxy) is 1. The van der Waals surface area contributed by atoms with E-state index in [1.165, 1.54) is 11.3 Å². The summed E-state index contributed by atoms with van der Waals surface area (Å²) in [7, 11) is 0. The molecule has 1 aromatic rings. The van der Waals surface area contributed by atoms with Gasteiger partial charge in [-0.1, -0.05) is 26.0 Å². The molecule has 0 radical (unpaired) electrons. The molecule has 1 saturated heterocycles. The molecule has 1 heterocycles. The van der Waals surface area contributed by atoms with Crippen molar-refractivity contribution in [2.75, 3.05) is 25.0 Å². The first kappa shape index (κ1) is 16.3. The van der Waals surface area contributed by atoms with Gasteiger partial charge in [-0.2, -0.15) is 0 Å². The zero-order valence-corrected chi connectivity index (χ0v) is 14.0. The summed E-state index contributed by atoms with van der Waals surface area (Å²) in [6.45, 7) is 12.9. The lowest BCUT2D eigenvalue weighted by Crippen LogP contribution is -2.40. The van der Waals surface area contributed by atoms with Crippen LogP contribution in [0.4, 0.5) is 5.69 Å². The minimum Gasteiger partial charge on any atom is -0.382 e. The molecule has 1 aliphatic heterocycles. The third-order valence-corrected chi connectivity index (χ3v) is 4.30. The van der Waals surface area contributed by atoms with Crippen LogP contribution in [-0.2, 0) is 11.3 Å². The molecule has 21 heavy (non-hydrogen) atoms. The van der Waals surface area contributed by atoms with Crippen LogP contribution < -0.4 is 5.32 Å². The Labute approximate surface area is 129 Å². The summed E-state index contributed by atoms with van der Waals surface area (Å²) >= 11 is 0. The Kier molecular flexibility index (Phi) is 5.65. The number of nitrogens with zero attached hydrogens (tertiary/aromatic N) is 1. The van der Waals surface area contributed by atoms with Crippen molar-refractivity contribution in [3.05, 3.63) is 29.8 Å². The third-order valence-electron chi connectivity index (χ3n) is 4.30. The van der Waals surface area contributed by atoms with Crippen molar-refractivity contribution in [3.63, 3.8) is 0 Å². The van der Waals surface area contributed by atoms with E-state index in [1.807, 2.05) is 0 Å². The minimum absolute atomic E-state index is 0.00521. The monoisotopic (exact) mass is 290 g/mol. The van der Waals surface area contributed by atoms with Gasteiger partial charge in [0.25, 0.3) is 0 Å². The maximum absolute atomic E-state index is 5.79. The second-order valence-electron chi connectivity index (χ2n) is 6.60. The normalized spacial score (nSPS) is 21.5. The Bertz CT molecular complexity index is 441. The molecule has 1 unspecified atom stereocenters. The van der Waals surface area contributed by atoms with Crippen LogP contribution in [-0.4, -0.2) is 36.2 Å². The molecule has 0 aliphatic carbocycles. The van der Waals surface area contributed by atoms with Crippen molar-refractivity contribution >= 4 is 5.69 Å². The smallest absolute Gasteiger partial charge is 0.0646 e. The predicted molar refractivity (Wildman–Crippen MR) is 89.7 cm³/mol. The molecule has 1 aliphatic rings. The lowest BCUT2D eigenvalue weighted by molar-refractivity contribution is -0.0553. The van der Waals surface area contributed by atoms with E-state index in [1.54, 1.807) is 0 Å². The van der Waals surface area contributed by atoms with E-state index in [0.717, 1.165) is 39.1 Å². The van der Waals surface area contributed by atoms with Gasteiger partial charge >= 0.3 is 0 Å². The predicted octanol–water partition coefficient (Wildman–Crippen LogP) is 3.90. The van der Waals surface area contributed by atoms with Crippen LogP contribution in [0, 0.1) is 0 Å². The number of nitrogens with one attached hydrogen (secondary N) is 1. The highest BCUT2D eigenvalue weighted by atomic mass is 16.5. The van der Waals surface area contributed by atoms with E-state index in [2.05, 4.69) is 62.2 Å². The van der Waals surface area contributed by atoms with Gasteiger partial charge in [-0.05, 0) is 57.5 Å². The Morgan fingerprint density at radius 3 is 2.71 bits per heavy atom. The number of rotatable bonds is 6. The van der Waals surface area contributed by atoms with Crippen molar-refractivity contribution in [1.29, 1.82) is 0 Å². The van der Waals surface area contributed by atoms with E-state index < -0.39 is 0 Å². The van der Waals surface area contributed by atoms with Crippen LogP contribution in [0.5, 0.6) is 0 Å². The minimum atomic E-state index is -0.00521. The van der Waals surface area contributed by atoms with Gasteiger partial charge in [0, 0.05) is 24.9 Å². The lowest BCUT2D eigenvalue weighted by atomic mass is 9.94. The summed E-state index contributed by atoms with van der Waals surface area (Å²) in [5.41, 5.74) is 2.62. The second-order valence-corrected chi connectivity index (χ2v) is 6.60. The first-order chi connectivity index (χ1) is 10.0. The Hall–Kier alpha value is -1.06. The fourth-order valence-electron chi connectivity index (χ4n) is 3.06. The summed E-state index contributed by atoms with van der Waals surface area (Å²) in [5.74, 6) is 0. The topological polar surface area (TPSA) is 24.5 Å². The maximum atomic E-state index is 5.79. The van der Waals surface area contributed by atoms with Gasteiger partial charge in [0.15, 0.2) is 0 Å². The van der Waals surface area contributed by atoms with Gasteiger partial charge in [0.1, 0.15) is 0 Å². The van der Waals surface area contributed by atoms with Crippen LogP contribution in [0.25, 0.3) is 0 Å². The number of anilines is 1. The molecule has 1 atom stereocenters. The fraction of sp³-hybridized carbons (Fsp3) is 0.667. The lowest BCUT2D eigenvalue weighted by Gasteiger charge is -2.36. The molecule has 0 amide bonds. The van der Waals surface area contributed by atoms with Gasteiger partial charge in [-0.3, -0.25) is 4.90 Å². The quantitative estimate of drug-likeness (QED) is 0.860. The number of hydrogen-bond donors (Lipinski definition) is 1. The fourth-order valence-corrected chi connectivity index (χ4v) is 3.06. The molecular formula is C18H30N2O. The first-order valence-electron chi connectivity index (χ1n) is 8.24. The van der Waals surface area contributed by atoms with Crippen LogP contribution in [0.15, 0.2) is 24.3 Å². The van der Waals surface area contributed by atoms with Crippen molar-refractivity contribution in [3.8, 4) is 0 Å². The van der Waals surface area contributed by atoms with Gasteiger partial charge in [0.05, 0.1) is 5.60 Å². The van der Waals surface area contributed by atoms with Crippen LogP contribution in [0.2, 0.25) is 0 Å². The zero-order valence-electron chi connectivity index (χ0n) is 14.0. The van der Waals surface area contributed by atoms with Crippen molar-refractivity contribution in [2.24, 2.45) is 0 Å². The van der Waals surface area contributed by atoms with Crippen LogP contribution in [0.3, 0.4) is 0 Å². The van der Waals surface area contributed by atoms with E-state index in [0.29, 0.717) is 6.04 Å². The molecule has 3 nitrogen and oxygen atoms in total. The average molecular weight is 290 g/mol. The molecule has 1 fully saturated rings. The van der Waals surface area contributed by atoms with E-state index >= 15 is 0 Å². The number of hydrogen-bond acceptors (Lipinski definition) is 3. The van der Waals surface area contributed by atoms with Gasteiger partial charge in [0.2, 0.25) is 0 Å². The van der Waals surface area contributed by atoms with E-state index in [-0.39, 0.29) is 5.60 Å². The standard InChI is InChI=1S/C18H30N2O/c1-5-20(6-2)14-15-8-7-9-16(12-15)19-17-10-11-21-18(3,4)13-17/h7-9,12,17,19H,5-6,10-11,13-14H2,1-4H3. The number of benzene rings is 1. The van der Waals surface area contributed by atoms with Crippen molar-refractivity contribution in [1.82, 2.24) is 4.90 Å². The Balaban J connectivity index is 1.97. The molecule has 3 heteroatoms. The van der Waals surface area contributed by atoms with Crippen LogP contribution in [0.1, 0.15) is 46.1 Å². The molecule has 1 aromatic carbocycles. The second kappa shape index (κ2) is 7.28. The summed E-state index contributed by atoms with van der Waals surface area (Å²) in [6, 6.07) is 9.36. The molecule has 0 aromatic heterocycles. The highest BCUT2D eigenvalue weighted by Gasteiger charge is 2.28. The molecule has 1 N–H and O–H groups in total. The largest absolute Gasteiger partial charge is 0.382 e. The summed E-state index contributed by atoms with van der Waals surface area (Å²) in [6.07, 6.45) is 2.15. The van der Waals surface area contributed by atoms with Gasteiger partial charge < -0.3 is 10.1 Å². The average Bonchev–Trinajstić information content (AvgIpc) is 2.44. The zero-order chi connectivity index (χ0) is 15.3. The Morgan fingerprint density at radius 1 is 1.29 bits per heavy atom. The highest BCUT2D eigenvalue weighted by molar-refractivity contribution is 5.46. The molecule has 0 saturated carbocycles. The van der Waals surface area contributed by atoms with Gasteiger partial charge in [-0.15, -0.1) is 0 Å². The van der Waals surface area contributed by atoms with E-state index in [4.69, 9.17) is 4.74 Å². The first-order valence-corrected chi connectivity index (χ1v) is 8.24. The molecule has 0 bridgehead atoms. The summed E-state index contributed by atoms with van der Waals surface area (Å²) in [5, 5.41) is 3.69. The SMILES string of the molecule is CCN(CC)Cc1cccc(NC2CCOC(C)(C)C2)c1. The maximum Gasteiger partial charge on any atom is 0.0646 e. The van der Waals surface area contributed by atoms with Gasteiger partial charge in [-0.25, -0.2) is 0 Å². The molecule has 0 spiro atoms. The van der Waals surface area contributed by atoms with Crippen LogP contribution >= 0.6 is 0 Å². The molecule has 118 valence electrons. The summed E-state index contributed by atoms with van der Waals surface area (Å²) in [4.78, 5) is 2.44. The molecule has 2 rings (SSSR count). The highest BCUT2D eigenvalue weighted by Crippen LogP contribution is 2.26. The third kappa shape index (κ3) is 5.01. The Morgan fingerprint density at radius 2 is 2.05 bits per heavy atom. The molecular weight excluding hydrogens is 260 g/mol. The van der Waals surface area contributed by atoms with Crippen molar-refractivity contribution < 1.29 is 4.74 Å². The summed E-state index contributed by atoms with van der Waals surface area (Å²) < 4.78 is 5.79. The van der Waals surface area contributed by atoms with E-state index in [9.17, 15) is 0 Å². The van der Waals surface area contributed by atoms with Crippen molar-refractivity contribution in [2.45, 2.75) is 58.7 Å².